The van der Waals surface area contributed by atoms with E-state index in [1.54, 1.807) is 25.1 Å². The first kappa shape index (κ1) is 17.4. The molecule has 0 aliphatic heterocycles. The third kappa shape index (κ3) is 3.33. The zero-order chi connectivity index (χ0) is 18.7. The van der Waals surface area contributed by atoms with Crippen molar-refractivity contribution in [1.29, 1.82) is 5.26 Å². The standard InChI is InChI=1S/C20H14F2N2O2/c1-12-18(15-7-3-4-8-16(15)24-12)19(25)14(11-23)10-13-6-2-5-9-17(13)26-20(21)22/h2-10,20,24H,1H3/b14-10+. The Bertz CT molecular complexity index is 1050. The molecule has 1 N–H and O–H groups in total. The molecule has 0 bridgehead atoms. The Hall–Kier alpha value is -3.46. The lowest BCUT2D eigenvalue weighted by Gasteiger charge is -2.08. The number of ether oxygens (including phenoxy) is 1. The minimum atomic E-state index is -3.00. The summed E-state index contributed by atoms with van der Waals surface area (Å²) in [6.07, 6.45) is 1.27. The lowest BCUT2D eigenvalue weighted by atomic mass is 9.99. The summed E-state index contributed by atoms with van der Waals surface area (Å²) in [5.74, 6) is -0.576. The quantitative estimate of drug-likeness (QED) is 0.405. The number of aromatic nitrogens is 1. The summed E-state index contributed by atoms with van der Waals surface area (Å²) in [6.45, 7) is -1.25. The van der Waals surface area contributed by atoms with E-state index in [-0.39, 0.29) is 16.9 Å². The highest BCUT2D eigenvalue weighted by Crippen LogP contribution is 2.27. The van der Waals surface area contributed by atoms with Gasteiger partial charge in [-0.25, -0.2) is 0 Å². The van der Waals surface area contributed by atoms with Gasteiger partial charge in [-0.1, -0.05) is 36.4 Å². The monoisotopic (exact) mass is 352 g/mol. The van der Waals surface area contributed by atoms with E-state index in [2.05, 4.69) is 9.72 Å². The maximum Gasteiger partial charge on any atom is 0.387 e. The molecule has 3 aromatic rings. The molecule has 6 heteroatoms. The molecule has 0 fully saturated rings. The van der Waals surface area contributed by atoms with Crippen LogP contribution in [-0.2, 0) is 0 Å². The molecule has 4 nitrogen and oxygen atoms in total. The minimum Gasteiger partial charge on any atom is -0.434 e. The van der Waals surface area contributed by atoms with Gasteiger partial charge in [0.15, 0.2) is 0 Å². The summed E-state index contributed by atoms with van der Waals surface area (Å²) >= 11 is 0. The first-order chi connectivity index (χ1) is 12.5. The summed E-state index contributed by atoms with van der Waals surface area (Å²) in [4.78, 5) is 16.0. The molecule has 26 heavy (non-hydrogen) atoms. The van der Waals surface area contributed by atoms with Crippen LogP contribution in [0, 0.1) is 18.3 Å². The number of nitrogens with one attached hydrogen (secondary N) is 1. The number of benzene rings is 2. The predicted molar refractivity (Wildman–Crippen MR) is 94.0 cm³/mol. The first-order valence-corrected chi connectivity index (χ1v) is 7.79. The number of rotatable bonds is 5. The molecule has 0 radical (unpaired) electrons. The van der Waals surface area contributed by atoms with Gasteiger partial charge in [-0.15, -0.1) is 0 Å². The van der Waals surface area contributed by atoms with Gasteiger partial charge in [0.05, 0.1) is 5.56 Å². The van der Waals surface area contributed by atoms with Crippen LogP contribution in [0.2, 0.25) is 0 Å². The van der Waals surface area contributed by atoms with E-state index < -0.39 is 12.4 Å². The highest BCUT2D eigenvalue weighted by Gasteiger charge is 2.20. The SMILES string of the molecule is Cc1[nH]c2ccccc2c1C(=O)/C(C#N)=C/c1ccccc1OC(F)F. The largest absolute Gasteiger partial charge is 0.434 e. The van der Waals surface area contributed by atoms with Crippen molar-refractivity contribution in [3.05, 3.63) is 70.9 Å². The van der Waals surface area contributed by atoms with E-state index in [4.69, 9.17) is 0 Å². The highest BCUT2D eigenvalue weighted by molar-refractivity contribution is 6.20. The van der Waals surface area contributed by atoms with Crippen molar-refractivity contribution < 1.29 is 18.3 Å². The van der Waals surface area contributed by atoms with E-state index in [1.807, 2.05) is 18.2 Å². The number of halogens is 2. The third-order valence-electron chi connectivity index (χ3n) is 3.92. The van der Waals surface area contributed by atoms with Crippen LogP contribution in [-0.4, -0.2) is 17.4 Å². The van der Waals surface area contributed by atoms with Crippen LogP contribution in [0.4, 0.5) is 8.78 Å². The van der Waals surface area contributed by atoms with E-state index in [1.165, 1.54) is 24.3 Å². The van der Waals surface area contributed by atoms with Gasteiger partial charge in [-0.2, -0.15) is 14.0 Å². The van der Waals surface area contributed by atoms with Crippen LogP contribution in [0.5, 0.6) is 5.75 Å². The second kappa shape index (κ2) is 7.19. The van der Waals surface area contributed by atoms with Gasteiger partial charge in [0.2, 0.25) is 5.78 Å². The fourth-order valence-corrected chi connectivity index (χ4v) is 2.81. The third-order valence-corrected chi connectivity index (χ3v) is 3.92. The molecule has 0 aliphatic rings. The number of nitriles is 1. The Morgan fingerprint density at radius 1 is 1.19 bits per heavy atom. The molecule has 130 valence electrons. The number of aromatic amines is 1. The van der Waals surface area contributed by atoms with Crippen LogP contribution in [0.1, 0.15) is 21.6 Å². The molecule has 0 saturated carbocycles. The molecule has 0 aliphatic carbocycles. The normalized spacial score (nSPS) is 11.6. The highest BCUT2D eigenvalue weighted by atomic mass is 19.3. The van der Waals surface area contributed by atoms with Crippen molar-refractivity contribution in [2.24, 2.45) is 0 Å². The number of para-hydroxylation sites is 2. The number of Topliss-reactive ketones (excluding diaryl/α,β-unsaturated/α-hetero) is 1. The number of alkyl halides is 2. The lowest BCUT2D eigenvalue weighted by molar-refractivity contribution is -0.0499. The Kier molecular flexibility index (Phi) is 4.81. The summed E-state index contributed by atoms with van der Waals surface area (Å²) in [5.41, 5.74) is 1.88. The molecule has 0 saturated heterocycles. The van der Waals surface area contributed by atoms with Crippen molar-refractivity contribution in [2.75, 3.05) is 0 Å². The topological polar surface area (TPSA) is 65.9 Å². The molecule has 0 atom stereocenters. The maximum absolute atomic E-state index is 12.9. The van der Waals surface area contributed by atoms with Gasteiger partial charge in [0.25, 0.3) is 0 Å². The van der Waals surface area contributed by atoms with E-state index in [0.29, 0.717) is 16.6 Å². The number of carbonyl (C=O) groups excluding carboxylic acids is 1. The van der Waals surface area contributed by atoms with E-state index >= 15 is 0 Å². The predicted octanol–water partition coefficient (Wildman–Crippen LogP) is 4.87. The summed E-state index contributed by atoms with van der Waals surface area (Å²) in [7, 11) is 0. The second-order valence-electron chi connectivity index (χ2n) is 5.59. The van der Waals surface area contributed by atoms with Crippen LogP contribution >= 0.6 is 0 Å². The number of nitrogens with zero attached hydrogens (tertiary/aromatic N) is 1. The number of H-pyrrole nitrogens is 1. The van der Waals surface area contributed by atoms with Crippen LogP contribution in [0.25, 0.3) is 17.0 Å². The first-order valence-electron chi connectivity index (χ1n) is 7.79. The molecular formula is C20H14F2N2O2. The molecule has 0 unspecified atom stereocenters. The molecule has 1 heterocycles. The van der Waals surface area contributed by atoms with Gasteiger partial charge in [-0.05, 0) is 25.1 Å². The molecular weight excluding hydrogens is 338 g/mol. The van der Waals surface area contributed by atoms with Crippen molar-refractivity contribution in [3.63, 3.8) is 0 Å². The van der Waals surface area contributed by atoms with Crippen LogP contribution in [0.15, 0.2) is 54.1 Å². The number of carbonyl (C=O) groups is 1. The molecule has 3 rings (SSSR count). The number of aryl methyl sites for hydroxylation is 1. The molecule has 0 amide bonds. The van der Waals surface area contributed by atoms with Gasteiger partial charge < -0.3 is 9.72 Å². The van der Waals surface area contributed by atoms with Gasteiger partial charge in [0, 0.05) is 22.2 Å². The number of allylic oxidation sites excluding steroid dienone is 1. The number of ketones is 1. The van der Waals surface area contributed by atoms with Gasteiger partial charge >= 0.3 is 6.61 Å². The molecule has 2 aromatic carbocycles. The fraction of sp³-hybridized carbons (Fsp3) is 0.100. The van der Waals surface area contributed by atoms with Crippen molar-refractivity contribution in [3.8, 4) is 11.8 Å². The Balaban J connectivity index is 2.07. The molecule has 1 aromatic heterocycles. The van der Waals surface area contributed by atoms with Crippen molar-refractivity contribution >= 4 is 22.8 Å². The average molecular weight is 352 g/mol. The number of hydrogen-bond donors (Lipinski definition) is 1. The van der Waals surface area contributed by atoms with Crippen LogP contribution in [0.3, 0.4) is 0 Å². The van der Waals surface area contributed by atoms with Crippen LogP contribution < -0.4 is 4.74 Å². The van der Waals surface area contributed by atoms with Crippen molar-refractivity contribution in [2.45, 2.75) is 13.5 Å². The Labute approximate surface area is 148 Å². The number of hydrogen-bond acceptors (Lipinski definition) is 3. The lowest BCUT2D eigenvalue weighted by Crippen LogP contribution is -2.05. The van der Waals surface area contributed by atoms with Crippen molar-refractivity contribution in [1.82, 2.24) is 4.98 Å². The van der Waals surface area contributed by atoms with Gasteiger partial charge in [-0.3, -0.25) is 4.79 Å². The van der Waals surface area contributed by atoms with Gasteiger partial charge in [0.1, 0.15) is 17.4 Å². The Morgan fingerprint density at radius 2 is 1.88 bits per heavy atom. The maximum atomic E-state index is 12.9. The summed E-state index contributed by atoms with van der Waals surface area (Å²) < 4.78 is 29.6. The van der Waals surface area contributed by atoms with E-state index in [9.17, 15) is 18.8 Å². The Morgan fingerprint density at radius 3 is 2.62 bits per heavy atom. The zero-order valence-electron chi connectivity index (χ0n) is 13.8. The number of fused-ring (bicyclic) bond motifs is 1. The fourth-order valence-electron chi connectivity index (χ4n) is 2.81. The average Bonchev–Trinajstić information content (AvgIpc) is 2.95. The minimum absolute atomic E-state index is 0.0984. The molecule has 0 spiro atoms. The zero-order valence-corrected chi connectivity index (χ0v) is 13.8. The smallest absolute Gasteiger partial charge is 0.387 e. The summed E-state index contributed by atoms with van der Waals surface area (Å²) in [6, 6.07) is 15.1. The summed E-state index contributed by atoms with van der Waals surface area (Å²) in [5, 5.41) is 10.2. The van der Waals surface area contributed by atoms with E-state index in [0.717, 1.165) is 5.52 Å². The second-order valence-corrected chi connectivity index (χ2v) is 5.59.